The Morgan fingerprint density at radius 2 is 1.94 bits per heavy atom. The lowest BCUT2D eigenvalue weighted by molar-refractivity contribution is 1.33. The van der Waals surface area contributed by atoms with Gasteiger partial charge in [-0.15, -0.1) is 0 Å². The van der Waals surface area contributed by atoms with Crippen molar-refractivity contribution in [1.29, 1.82) is 0 Å². The zero-order valence-corrected chi connectivity index (χ0v) is 9.93. The van der Waals surface area contributed by atoms with Crippen molar-refractivity contribution in [3.05, 3.63) is 46.1 Å². The molecule has 0 unspecified atom stereocenters. The highest BCUT2D eigenvalue weighted by molar-refractivity contribution is 6.30. The van der Waals surface area contributed by atoms with E-state index < -0.39 is 0 Å². The maximum absolute atomic E-state index is 11.7. The van der Waals surface area contributed by atoms with E-state index in [9.17, 15) is 4.79 Å². The third-order valence-corrected chi connectivity index (χ3v) is 3.51. The minimum atomic E-state index is -0.0656. The number of hydrogen-bond acceptors (Lipinski definition) is 1. The predicted octanol–water partition coefficient (Wildman–Crippen LogP) is 3.14. The fourth-order valence-corrected chi connectivity index (χ4v) is 2.64. The van der Waals surface area contributed by atoms with E-state index in [1.807, 2.05) is 24.4 Å². The molecule has 3 N–H and O–H groups in total. The molecule has 0 radical (unpaired) electrons. The molecule has 0 fully saturated rings. The first-order valence-electron chi connectivity index (χ1n) is 5.54. The van der Waals surface area contributed by atoms with Crippen LogP contribution in [0.5, 0.6) is 0 Å². The van der Waals surface area contributed by atoms with Crippen molar-refractivity contribution >= 4 is 44.2 Å². The van der Waals surface area contributed by atoms with Crippen LogP contribution in [0.25, 0.3) is 32.6 Å². The molecule has 88 valence electrons. The summed E-state index contributed by atoms with van der Waals surface area (Å²) in [6.07, 6.45) is 3.55. The molecule has 0 spiro atoms. The first-order chi connectivity index (χ1) is 8.74. The number of fused-ring (bicyclic) bond motifs is 5. The van der Waals surface area contributed by atoms with Gasteiger partial charge in [-0.3, -0.25) is 4.79 Å². The van der Waals surface area contributed by atoms with Gasteiger partial charge >= 0.3 is 0 Å². The van der Waals surface area contributed by atoms with E-state index >= 15 is 0 Å². The highest BCUT2D eigenvalue weighted by Gasteiger charge is 2.11. The molecule has 0 saturated heterocycles. The fourth-order valence-electron chi connectivity index (χ4n) is 2.48. The molecule has 0 aliphatic carbocycles. The van der Waals surface area contributed by atoms with Gasteiger partial charge in [0.15, 0.2) is 0 Å². The summed E-state index contributed by atoms with van der Waals surface area (Å²) in [5.74, 6) is 0. The Bertz CT molecular complexity index is 961. The zero-order chi connectivity index (χ0) is 12.3. The average molecular weight is 258 g/mol. The van der Waals surface area contributed by atoms with Crippen molar-refractivity contribution in [3.63, 3.8) is 0 Å². The molecule has 0 saturated carbocycles. The first kappa shape index (κ1) is 9.79. The number of nitrogens with one attached hydrogen (secondary N) is 3. The van der Waals surface area contributed by atoms with Crippen molar-refractivity contribution in [1.82, 2.24) is 15.0 Å². The van der Waals surface area contributed by atoms with Crippen molar-refractivity contribution < 1.29 is 0 Å². The van der Waals surface area contributed by atoms with Gasteiger partial charge in [0.2, 0.25) is 0 Å². The Balaban J connectivity index is 2.35. The number of hydrogen-bond donors (Lipinski definition) is 3. The van der Waals surface area contributed by atoms with Crippen LogP contribution in [0.1, 0.15) is 0 Å². The minimum Gasteiger partial charge on any atom is -0.353 e. The fraction of sp³-hybridized carbons (Fsp3) is 0. The second-order valence-corrected chi connectivity index (χ2v) is 4.71. The molecule has 0 aliphatic rings. The van der Waals surface area contributed by atoms with Crippen molar-refractivity contribution in [2.75, 3.05) is 0 Å². The van der Waals surface area contributed by atoms with Gasteiger partial charge in [-0.05, 0) is 11.5 Å². The van der Waals surface area contributed by atoms with Gasteiger partial charge in [-0.2, -0.15) is 0 Å². The maximum Gasteiger partial charge on any atom is 0.258 e. The van der Waals surface area contributed by atoms with Crippen LogP contribution in [0.15, 0.2) is 35.4 Å². The SMILES string of the molecule is O=c1[nH]cc2[nH]c3c4cc(Cl)[nH]cc4ccc3c12. The summed E-state index contributed by atoms with van der Waals surface area (Å²) in [4.78, 5) is 20.7. The van der Waals surface area contributed by atoms with Crippen LogP contribution in [0.4, 0.5) is 0 Å². The summed E-state index contributed by atoms with van der Waals surface area (Å²) in [6, 6.07) is 5.79. The molecule has 0 bridgehead atoms. The molecule has 18 heavy (non-hydrogen) atoms. The molecular weight excluding hydrogens is 250 g/mol. The number of pyridine rings is 1. The van der Waals surface area contributed by atoms with E-state index in [0.29, 0.717) is 10.5 Å². The first-order valence-corrected chi connectivity index (χ1v) is 5.91. The van der Waals surface area contributed by atoms with Gasteiger partial charge in [-0.1, -0.05) is 23.7 Å². The molecule has 0 aliphatic heterocycles. The Morgan fingerprint density at radius 1 is 1.06 bits per heavy atom. The van der Waals surface area contributed by atoms with Gasteiger partial charge < -0.3 is 15.0 Å². The molecule has 3 aromatic heterocycles. The number of aromatic nitrogens is 3. The summed E-state index contributed by atoms with van der Waals surface area (Å²) in [5, 5.41) is 4.25. The third-order valence-electron chi connectivity index (χ3n) is 3.29. The highest BCUT2D eigenvalue weighted by atomic mass is 35.5. The summed E-state index contributed by atoms with van der Waals surface area (Å²) in [6.45, 7) is 0. The second-order valence-electron chi connectivity index (χ2n) is 4.30. The van der Waals surface area contributed by atoms with Gasteiger partial charge in [-0.25, -0.2) is 0 Å². The monoisotopic (exact) mass is 257 g/mol. The van der Waals surface area contributed by atoms with Gasteiger partial charge in [0.05, 0.1) is 16.4 Å². The van der Waals surface area contributed by atoms with Crippen molar-refractivity contribution in [2.24, 2.45) is 0 Å². The highest BCUT2D eigenvalue weighted by Crippen LogP contribution is 2.30. The smallest absolute Gasteiger partial charge is 0.258 e. The predicted molar refractivity (Wildman–Crippen MR) is 73.3 cm³/mol. The van der Waals surface area contributed by atoms with E-state index in [1.165, 1.54) is 0 Å². The molecule has 0 atom stereocenters. The standard InChI is InChI=1S/C13H8ClN3O/c14-10-3-8-6(4-15-10)1-2-7-11-9(17-12(7)8)5-16-13(11)18/h1-5,15,17H,(H,16,18). The quantitative estimate of drug-likeness (QED) is 0.416. The van der Waals surface area contributed by atoms with E-state index in [2.05, 4.69) is 15.0 Å². The topological polar surface area (TPSA) is 64.4 Å². The summed E-state index contributed by atoms with van der Waals surface area (Å²) in [7, 11) is 0. The van der Waals surface area contributed by atoms with E-state index in [-0.39, 0.29) is 5.56 Å². The van der Waals surface area contributed by atoms with Gasteiger partial charge in [0.1, 0.15) is 5.15 Å². The van der Waals surface area contributed by atoms with E-state index in [0.717, 1.165) is 27.2 Å². The number of benzene rings is 1. The number of H-pyrrole nitrogens is 3. The summed E-state index contributed by atoms with van der Waals surface area (Å²) in [5.41, 5.74) is 1.70. The van der Waals surface area contributed by atoms with Crippen LogP contribution in [0, 0.1) is 0 Å². The molecule has 3 heterocycles. The zero-order valence-electron chi connectivity index (χ0n) is 9.17. The van der Waals surface area contributed by atoms with Crippen molar-refractivity contribution in [2.45, 2.75) is 0 Å². The van der Waals surface area contributed by atoms with E-state index in [1.54, 1.807) is 6.20 Å². The van der Waals surface area contributed by atoms with Crippen LogP contribution in [-0.2, 0) is 0 Å². The van der Waals surface area contributed by atoms with Crippen LogP contribution >= 0.6 is 11.6 Å². The Kier molecular flexibility index (Phi) is 1.73. The summed E-state index contributed by atoms with van der Waals surface area (Å²) < 4.78 is 0. The molecular formula is C13H8ClN3O. The molecule has 4 aromatic rings. The Hall–Kier alpha value is -2.20. The molecule has 5 heteroatoms. The molecule has 0 amide bonds. The van der Waals surface area contributed by atoms with Crippen LogP contribution in [0.2, 0.25) is 5.15 Å². The average Bonchev–Trinajstić information content (AvgIpc) is 2.90. The number of aromatic amines is 3. The Morgan fingerprint density at radius 3 is 2.83 bits per heavy atom. The second kappa shape index (κ2) is 3.17. The van der Waals surface area contributed by atoms with Crippen LogP contribution in [0.3, 0.4) is 0 Å². The lowest BCUT2D eigenvalue weighted by Gasteiger charge is -2.00. The van der Waals surface area contributed by atoms with Gasteiger partial charge in [0.25, 0.3) is 5.56 Å². The lowest BCUT2D eigenvalue weighted by atomic mass is 10.1. The van der Waals surface area contributed by atoms with Crippen molar-refractivity contribution in [3.8, 4) is 0 Å². The largest absolute Gasteiger partial charge is 0.353 e. The molecule has 4 nitrogen and oxygen atoms in total. The Labute approximate surface area is 106 Å². The molecule has 1 aromatic carbocycles. The third kappa shape index (κ3) is 1.13. The van der Waals surface area contributed by atoms with Crippen LogP contribution < -0.4 is 5.56 Å². The lowest BCUT2D eigenvalue weighted by Crippen LogP contribution is -1.95. The number of rotatable bonds is 0. The molecule has 4 rings (SSSR count). The van der Waals surface area contributed by atoms with E-state index in [4.69, 9.17) is 11.6 Å². The number of halogens is 1. The maximum atomic E-state index is 11.7. The minimum absolute atomic E-state index is 0.0656. The van der Waals surface area contributed by atoms with Gasteiger partial charge in [0, 0.05) is 23.2 Å². The normalized spacial score (nSPS) is 11.8. The van der Waals surface area contributed by atoms with Crippen LogP contribution in [-0.4, -0.2) is 15.0 Å². The summed E-state index contributed by atoms with van der Waals surface area (Å²) >= 11 is 5.99.